The fraction of sp³-hybridized carbons (Fsp3) is 0.360. The van der Waals surface area contributed by atoms with Crippen molar-refractivity contribution in [3.8, 4) is 11.3 Å². The number of carbonyl (C=O) groups is 1. The van der Waals surface area contributed by atoms with E-state index in [9.17, 15) is 13.2 Å². The van der Waals surface area contributed by atoms with Gasteiger partial charge in [-0.15, -0.1) is 11.3 Å². The van der Waals surface area contributed by atoms with Crippen molar-refractivity contribution in [1.82, 2.24) is 9.29 Å². The minimum absolute atomic E-state index is 0.215. The van der Waals surface area contributed by atoms with Crippen LogP contribution in [0.4, 0.5) is 5.13 Å². The molecule has 1 aliphatic rings. The van der Waals surface area contributed by atoms with Crippen LogP contribution < -0.4 is 5.32 Å². The van der Waals surface area contributed by atoms with Gasteiger partial charge in [-0.2, -0.15) is 4.31 Å². The third-order valence-corrected chi connectivity index (χ3v) is 8.59. The van der Waals surface area contributed by atoms with Crippen molar-refractivity contribution in [1.29, 1.82) is 0 Å². The minimum Gasteiger partial charge on any atom is -0.298 e. The Balaban J connectivity index is 1.47. The van der Waals surface area contributed by atoms with Crippen molar-refractivity contribution >= 4 is 32.4 Å². The zero-order valence-electron chi connectivity index (χ0n) is 19.3. The summed E-state index contributed by atoms with van der Waals surface area (Å²) < 4.78 is 27.7. The lowest BCUT2D eigenvalue weighted by Gasteiger charge is -2.34. The van der Waals surface area contributed by atoms with Crippen LogP contribution in [0.15, 0.2) is 52.7 Å². The second-order valence-electron chi connectivity index (χ2n) is 9.10. The second kappa shape index (κ2) is 9.37. The lowest BCUT2D eigenvalue weighted by atomic mass is 9.94. The third kappa shape index (κ3) is 5.18. The average molecular weight is 484 g/mol. The van der Waals surface area contributed by atoms with E-state index in [1.165, 1.54) is 23.5 Å². The Labute approximate surface area is 199 Å². The van der Waals surface area contributed by atoms with Crippen LogP contribution in [0.3, 0.4) is 0 Å². The van der Waals surface area contributed by atoms with Gasteiger partial charge in [0, 0.05) is 29.6 Å². The van der Waals surface area contributed by atoms with Gasteiger partial charge in [0.05, 0.1) is 10.6 Å². The van der Waals surface area contributed by atoms with Crippen molar-refractivity contribution in [2.24, 2.45) is 11.8 Å². The van der Waals surface area contributed by atoms with Gasteiger partial charge >= 0.3 is 0 Å². The van der Waals surface area contributed by atoms with Gasteiger partial charge in [-0.3, -0.25) is 10.1 Å². The van der Waals surface area contributed by atoms with E-state index in [-0.39, 0.29) is 10.8 Å². The summed E-state index contributed by atoms with van der Waals surface area (Å²) in [5.74, 6) is 0.349. The normalized spacial score (nSPS) is 19.4. The van der Waals surface area contributed by atoms with Crippen LogP contribution in [0, 0.1) is 25.7 Å². The quantitative estimate of drug-likeness (QED) is 0.531. The number of benzene rings is 2. The molecule has 33 heavy (non-hydrogen) atoms. The molecule has 3 aromatic rings. The number of hydrogen-bond donors (Lipinski definition) is 1. The molecule has 0 radical (unpaired) electrons. The van der Waals surface area contributed by atoms with E-state index in [0.717, 1.165) is 28.8 Å². The number of carbonyl (C=O) groups excluding carboxylic acids is 1. The summed E-state index contributed by atoms with van der Waals surface area (Å²) in [6.45, 7) is 9.29. The molecule has 1 amide bonds. The van der Waals surface area contributed by atoms with Crippen LogP contribution in [0.25, 0.3) is 11.3 Å². The molecule has 1 fully saturated rings. The molecular weight excluding hydrogens is 454 g/mol. The standard InChI is InChI=1S/C25H29N3O3S2/c1-16-5-6-19(4)22(12-16)23-15-32-25(26-23)27-24(29)20-7-9-21(10-8-20)33(30,31)28-13-17(2)11-18(3)14-28/h5-10,12,15,17-18H,11,13-14H2,1-4H3,(H,26,27,29). The smallest absolute Gasteiger partial charge is 0.257 e. The summed E-state index contributed by atoms with van der Waals surface area (Å²) >= 11 is 1.36. The maximum absolute atomic E-state index is 13.1. The van der Waals surface area contributed by atoms with Crippen molar-refractivity contribution in [3.63, 3.8) is 0 Å². The summed E-state index contributed by atoms with van der Waals surface area (Å²) in [6.07, 6.45) is 1.03. The number of thiazole rings is 1. The van der Waals surface area contributed by atoms with Crippen LogP contribution in [0.5, 0.6) is 0 Å². The molecular formula is C25H29N3O3S2. The molecule has 174 valence electrons. The monoisotopic (exact) mass is 483 g/mol. The predicted molar refractivity (Wildman–Crippen MR) is 133 cm³/mol. The average Bonchev–Trinajstić information content (AvgIpc) is 3.23. The van der Waals surface area contributed by atoms with Crippen LogP contribution >= 0.6 is 11.3 Å². The number of nitrogens with zero attached hydrogens (tertiary/aromatic N) is 2. The number of anilines is 1. The van der Waals surface area contributed by atoms with Crippen LogP contribution in [-0.4, -0.2) is 36.7 Å². The molecule has 1 aromatic heterocycles. The highest BCUT2D eigenvalue weighted by molar-refractivity contribution is 7.89. The molecule has 2 atom stereocenters. The number of nitrogens with one attached hydrogen (secondary N) is 1. The van der Waals surface area contributed by atoms with Crippen LogP contribution in [0.1, 0.15) is 41.8 Å². The van der Waals surface area contributed by atoms with E-state index in [1.54, 1.807) is 16.4 Å². The molecule has 6 nitrogen and oxygen atoms in total. The summed E-state index contributed by atoms with van der Waals surface area (Å²) in [5, 5.41) is 5.25. The van der Waals surface area contributed by atoms with E-state index in [0.29, 0.717) is 35.6 Å². The fourth-order valence-electron chi connectivity index (χ4n) is 4.37. The van der Waals surface area contributed by atoms with Gasteiger partial charge in [-0.05, 0) is 68.0 Å². The first-order valence-electron chi connectivity index (χ1n) is 11.1. The molecule has 2 unspecified atom stereocenters. The van der Waals surface area contributed by atoms with Gasteiger partial charge in [0.2, 0.25) is 10.0 Å². The molecule has 1 saturated heterocycles. The number of sulfonamides is 1. The van der Waals surface area contributed by atoms with E-state index in [4.69, 9.17) is 0 Å². The Bertz CT molecular complexity index is 1260. The molecule has 2 heterocycles. The molecule has 1 N–H and O–H groups in total. The first-order valence-corrected chi connectivity index (χ1v) is 13.4. The molecule has 2 aromatic carbocycles. The van der Waals surface area contributed by atoms with Crippen molar-refractivity contribution in [3.05, 3.63) is 64.5 Å². The summed E-state index contributed by atoms with van der Waals surface area (Å²) in [5.41, 5.74) is 4.53. The van der Waals surface area contributed by atoms with Crippen molar-refractivity contribution < 1.29 is 13.2 Å². The van der Waals surface area contributed by atoms with Crippen LogP contribution in [-0.2, 0) is 10.0 Å². The SMILES string of the molecule is Cc1ccc(C)c(-c2csc(NC(=O)c3ccc(S(=O)(=O)N4CC(C)CC(C)C4)cc3)n2)c1. The lowest BCUT2D eigenvalue weighted by Crippen LogP contribution is -2.42. The van der Waals surface area contributed by atoms with Gasteiger partial charge in [0.25, 0.3) is 5.91 Å². The van der Waals surface area contributed by atoms with Gasteiger partial charge < -0.3 is 0 Å². The first-order chi connectivity index (χ1) is 15.6. The highest BCUT2D eigenvalue weighted by Gasteiger charge is 2.31. The molecule has 0 saturated carbocycles. The Morgan fingerprint density at radius 3 is 2.39 bits per heavy atom. The molecule has 1 aliphatic heterocycles. The lowest BCUT2D eigenvalue weighted by molar-refractivity contribution is 0.102. The van der Waals surface area contributed by atoms with Gasteiger partial charge in [0.15, 0.2) is 5.13 Å². The number of aryl methyl sites for hydroxylation is 2. The Morgan fingerprint density at radius 1 is 1.06 bits per heavy atom. The van der Waals surface area contributed by atoms with Crippen molar-refractivity contribution in [2.45, 2.75) is 39.0 Å². The van der Waals surface area contributed by atoms with E-state index >= 15 is 0 Å². The second-order valence-corrected chi connectivity index (χ2v) is 11.9. The molecule has 0 aliphatic carbocycles. The number of amides is 1. The third-order valence-electron chi connectivity index (χ3n) is 5.98. The van der Waals surface area contributed by atoms with Gasteiger partial charge in [-0.1, -0.05) is 31.5 Å². The zero-order valence-corrected chi connectivity index (χ0v) is 21.0. The Hall–Kier alpha value is -2.55. The Morgan fingerprint density at radius 2 is 1.73 bits per heavy atom. The highest BCUT2D eigenvalue weighted by atomic mass is 32.2. The molecule has 4 rings (SSSR count). The van der Waals surface area contributed by atoms with E-state index in [1.807, 2.05) is 19.2 Å². The van der Waals surface area contributed by atoms with E-state index < -0.39 is 10.0 Å². The largest absolute Gasteiger partial charge is 0.298 e. The fourth-order valence-corrected chi connectivity index (χ4v) is 6.75. The van der Waals surface area contributed by atoms with E-state index in [2.05, 4.69) is 42.3 Å². The Kier molecular flexibility index (Phi) is 6.70. The highest BCUT2D eigenvalue weighted by Crippen LogP contribution is 2.29. The van der Waals surface area contributed by atoms with Crippen LogP contribution in [0.2, 0.25) is 0 Å². The maximum Gasteiger partial charge on any atom is 0.257 e. The minimum atomic E-state index is -3.57. The van der Waals surface area contributed by atoms with Gasteiger partial charge in [-0.25, -0.2) is 13.4 Å². The summed E-state index contributed by atoms with van der Waals surface area (Å²) in [4.78, 5) is 17.5. The number of hydrogen-bond acceptors (Lipinski definition) is 5. The van der Waals surface area contributed by atoms with Crippen molar-refractivity contribution in [2.75, 3.05) is 18.4 Å². The number of aromatic nitrogens is 1. The molecule has 0 spiro atoms. The summed E-state index contributed by atoms with van der Waals surface area (Å²) in [6, 6.07) is 12.3. The summed E-state index contributed by atoms with van der Waals surface area (Å²) in [7, 11) is -3.57. The zero-order chi connectivity index (χ0) is 23.8. The number of piperidine rings is 1. The molecule has 8 heteroatoms. The molecule has 0 bridgehead atoms. The van der Waals surface area contributed by atoms with Gasteiger partial charge in [0.1, 0.15) is 0 Å². The first kappa shape index (κ1) is 23.6. The number of rotatable bonds is 5. The topological polar surface area (TPSA) is 79.4 Å². The maximum atomic E-state index is 13.1. The predicted octanol–water partition coefficient (Wildman–Crippen LogP) is 5.35.